The van der Waals surface area contributed by atoms with Gasteiger partial charge in [0.2, 0.25) is 0 Å². The summed E-state index contributed by atoms with van der Waals surface area (Å²) in [5, 5.41) is 4.77. The van der Waals surface area contributed by atoms with Crippen LogP contribution in [0.25, 0.3) is 10.2 Å². The van der Waals surface area contributed by atoms with Crippen LogP contribution in [0.2, 0.25) is 0 Å². The summed E-state index contributed by atoms with van der Waals surface area (Å²) in [6, 6.07) is 12.9. The van der Waals surface area contributed by atoms with E-state index in [1.165, 1.54) is 41.5 Å². The minimum atomic E-state index is 0.552. The number of nitrogens with one attached hydrogen (secondary N) is 1. The summed E-state index contributed by atoms with van der Waals surface area (Å²) >= 11 is 1.78. The van der Waals surface area contributed by atoms with Crippen molar-refractivity contribution in [1.82, 2.24) is 9.97 Å². The second-order valence-corrected chi connectivity index (χ2v) is 8.24. The number of thiophene rings is 1. The van der Waals surface area contributed by atoms with E-state index in [2.05, 4.69) is 48.6 Å². The number of nitrogens with zero attached hydrogens (tertiary/aromatic N) is 2. The monoisotopic (exact) mass is 351 g/mol. The Hall–Kier alpha value is -1.94. The number of benzene rings is 1. The first-order valence-electron chi connectivity index (χ1n) is 9.35. The Balaban J connectivity index is 1.49. The van der Waals surface area contributed by atoms with E-state index in [4.69, 9.17) is 9.97 Å². The zero-order chi connectivity index (χ0) is 17.1. The lowest BCUT2D eigenvalue weighted by Crippen LogP contribution is -2.08. The number of rotatable bonds is 6. The molecule has 0 amide bonds. The smallest absolute Gasteiger partial charge is 0.138 e. The fraction of sp³-hybridized carbons (Fsp3) is 0.429. The average molecular weight is 352 g/mol. The molecule has 1 fully saturated rings. The fourth-order valence-electron chi connectivity index (χ4n) is 3.70. The highest BCUT2D eigenvalue weighted by molar-refractivity contribution is 7.18. The SMILES string of the molecule is Cc1cc2c(NCCCc3ccccc3)nc(C3CCCC3)nc2s1. The number of hydrogen-bond donors (Lipinski definition) is 1. The van der Waals surface area contributed by atoms with Gasteiger partial charge in [0.1, 0.15) is 16.5 Å². The summed E-state index contributed by atoms with van der Waals surface area (Å²) < 4.78 is 0. The molecule has 2 aromatic heterocycles. The fourth-order valence-corrected chi connectivity index (χ4v) is 4.59. The first kappa shape index (κ1) is 16.5. The Morgan fingerprint density at radius 1 is 1.12 bits per heavy atom. The zero-order valence-electron chi connectivity index (χ0n) is 14.8. The van der Waals surface area contributed by atoms with Crippen LogP contribution >= 0.6 is 11.3 Å². The molecule has 0 saturated heterocycles. The van der Waals surface area contributed by atoms with Crippen molar-refractivity contribution in [3.63, 3.8) is 0 Å². The maximum absolute atomic E-state index is 4.93. The molecule has 1 aromatic carbocycles. The molecule has 1 N–H and O–H groups in total. The van der Waals surface area contributed by atoms with Crippen molar-refractivity contribution in [1.29, 1.82) is 0 Å². The highest BCUT2D eigenvalue weighted by Crippen LogP contribution is 2.36. The van der Waals surface area contributed by atoms with Crippen molar-refractivity contribution in [2.45, 2.75) is 51.4 Å². The molecule has 0 bridgehead atoms. The quantitative estimate of drug-likeness (QED) is 0.579. The van der Waals surface area contributed by atoms with Crippen LogP contribution in [0.1, 0.15) is 54.3 Å². The molecule has 130 valence electrons. The molecule has 1 aliphatic rings. The van der Waals surface area contributed by atoms with Crippen LogP contribution in [0.4, 0.5) is 5.82 Å². The first-order valence-corrected chi connectivity index (χ1v) is 10.2. The van der Waals surface area contributed by atoms with Gasteiger partial charge in [0.15, 0.2) is 0 Å². The standard InChI is InChI=1S/C21H25N3S/c1-15-14-18-20(22-13-7-10-16-8-3-2-4-9-16)23-19(24-21(18)25-15)17-11-5-6-12-17/h2-4,8-9,14,17H,5-7,10-13H2,1H3,(H,22,23,24). The van der Waals surface area contributed by atoms with E-state index >= 15 is 0 Å². The van der Waals surface area contributed by atoms with Gasteiger partial charge in [-0.25, -0.2) is 9.97 Å². The molecule has 0 radical (unpaired) electrons. The van der Waals surface area contributed by atoms with E-state index in [-0.39, 0.29) is 0 Å². The number of fused-ring (bicyclic) bond motifs is 1. The lowest BCUT2D eigenvalue weighted by atomic mass is 10.1. The normalized spacial score (nSPS) is 15.1. The van der Waals surface area contributed by atoms with Gasteiger partial charge >= 0.3 is 0 Å². The maximum Gasteiger partial charge on any atom is 0.138 e. The third-order valence-electron chi connectivity index (χ3n) is 5.03. The van der Waals surface area contributed by atoms with Gasteiger partial charge in [-0.3, -0.25) is 0 Å². The van der Waals surface area contributed by atoms with Gasteiger partial charge in [-0.1, -0.05) is 43.2 Å². The van der Waals surface area contributed by atoms with Crippen LogP contribution in [0.15, 0.2) is 36.4 Å². The van der Waals surface area contributed by atoms with Gasteiger partial charge in [0.25, 0.3) is 0 Å². The largest absolute Gasteiger partial charge is 0.369 e. The van der Waals surface area contributed by atoms with Crippen molar-refractivity contribution in [2.75, 3.05) is 11.9 Å². The predicted octanol–water partition coefficient (Wildman–Crippen LogP) is 5.70. The molecule has 3 aromatic rings. The van der Waals surface area contributed by atoms with E-state index in [0.717, 1.165) is 35.9 Å². The van der Waals surface area contributed by atoms with Gasteiger partial charge in [-0.05, 0) is 44.2 Å². The molecule has 1 aliphatic carbocycles. The van der Waals surface area contributed by atoms with Crippen LogP contribution in [0.3, 0.4) is 0 Å². The number of anilines is 1. The van der Waals surface area contributed by atoms with Gasteiger partial charge in [-0.15, -0.1) is 11.3 Å². The molecule has 4 rings (SSSR count). The summed E-state index contributed by atoms with van der Waals surface area (Å²) in [4.78, 5) is 12.3. The van der Waals surface area contributed by atoms with Gasteiger partial charge in [-0.2, -0.15) is 0 Å². The summed E-state index contributed by atoms with van der Waals surface area (Å²) in [5.41, 5.74) is 1.40. The second-order valence-electron chi connectivity index (χ2n) is 7.00. The molecule has 3 nitrogen and oxygen atoms in total. The Kier molecular flexibility index (Phi) is 4.97. The van der Waals surface area contributed by atoms with Crippen LogP contribution in [0.5, 0.6) is 0 Å². The highest BCUT2D eigenvalue weighted by Gasteiger charge is 2.22. The summed E-state index contributed by atoms with van der Waals surface area (Å²) in [6.07, 6.45) is 7.31. The molecule has 0 unspecified atom stereocenters. The molecule has 0 spiro atoms. The van der Waals surface area contributed by atoms with E-state index < -0.39 is 0 Å². The van der Waals surface area contributed by atoms with Crippen LogP contribution < -0.4 is 5.32 Å². The van der Waals surface area contributed by atoms with Crippen molar-refractivity contribution in [2.24, 2.45) is 0 Å². The minimum absolute atomic E-state index is 0.552. The van der Waals surface area contributed by atoms with Crippen molar-refractivity contribution < 1.29 is 0 Å². The molecular weight excluding hydrogens is 326 g/mol. The minimum Gasteiger partial charge on any atom is -0.369 e. The number of aromatic nitrogens is 2. The lowest BCUT2D eigenvalue weighted by Gasteiger charge is -2.12. The van der Waals surface area contributed by atoms with Crippen LogP contribution in [0, 0.1) is 6.92 Å². The summed E-state index contributed by atoms with van der Waals surface area (Å²) in [6.45, 7) is 3.10. The number of hydrogen-bond acceptors (Lipinski definition) is 4. The highest BCUT2D eigenvalue weighted by atomic mass is 32.1. The van der Waals surface area contributed by atoms with Gasteiger partial charge in [0.05, 0.1) is 5.39 Å². The average Bonchev–Trinajstić information content (AvgIpc) is 3.28. The lowest BCUT2D eigenvalue weighted by molar-refractivity contribution is 0.673. The van der Waals surface area contributed by atoms with Crippen molar-refractivity contribution in [3.05, 3.63) is 52.7 Å². The Morgan fingerprint density at radius 3 is 2.72 bits per heavy atom. The van der Waals surface area contributed by atoms with Crippen LogP contribution in [-0.2, 0) is 6.42 Å². The Bertz CT molecular complexity index is 835. The molecule has 1 saturated carbocycles. The summed E-state index contributed by atoms with van der Waals surface area (Å²) in [7, 11) is 0. The van der Waals surface area contributed by atoms with Crippen molar-refractivity contribution in [3.8, 4) is 0 Å². The van der Waals surface area contributed by atoms with E-state index in [0.29, 0.717) is 5.92 Å². The van der Waals surface area contributed by atoms with Crippen LogP contribution in [-0.4, -0.2) is 16.5 Å². The number of aryl methyl sites for hydroxylation is 2. The Morgan fingerprint density at radius 2 is 1.92 bits per heavy atom. The topological polar surface area (TPSA) is 37.8 Å². The first-order chi connectivity index (χ1) is 12.3. The van der Waals surface area contributed by atoms with E-state index in [1.807, 2.05) is 0 Å². The van der Waals surface area contributed by atoms with E-state index in [9.17, 15) is 0 Å². The molecule has 4 heteroatoms. The third kappa shape index (κ3) is 3.84. The molecular formula is C21H25N3S. The summed E-state index contributed by atoms with van der Waals surface area (Å²) in [5.74, 6) is 2.64. The van der Waals surface area contributed by atoms with Crippen molar-refractivity contribution >= 4 is 27.4 Å². The third-order valence-corrected chi connectivity index (χ3v) is 5.98. The Labute approximate surface area is 153 Å². The molecule has 2 heterocycles. The maximum atomic E-state index is 4.93. The molecule has 0 aliphatic heterocycles. The zero-order valence-corrected chi connectivity index (χ0v) is 15.6. The molecule has 0 atom stereocenters. The van der Waals surface area contributed by atoms with E-state index in [1.54, 1.807) is 11.3 Å². The second kappa shape index (κ2) is 7.52. The predicted molar refractivity (Wildman–Crippen MR) is 107 cm³/mol. The van der Waals surface area contributed by atoms with Gasteiger partial charge < -0.3 is 5.32 Å². The van der Waals surface area contributed by atoms with Gasteiger partial charge in [0, 0.05) is 17.3 Å². The molecule has 25 heavy (non-hydrogen) atoms.